The van der Waals surface area contributed by atoms with E-state index >= 15 is 0 Å². The first-order chi connectivity index (χ1) is 14.7. The predicted octanol–water partition coefficient (Wildman–Crippen LogP) is 4.38. The number of hydrogen-bond donors (Lipinski definition) is 1. The zero-order valence-corrected chi connectivity index (χ0v) is 17.7. The molecule has 0 aromatic heterocycles. The minimum Gasteiger partial charge on any atom is -0.508 e. The van der Waals surface area contributed by atoms with E-state index in [0.29, 0.717) is 6.61 Å². The van der Waals surface area contributed by atoms with Crippen molar-refractivity contribution >= 4 is 12.6 Å². The Morgan fingerprint density at radius 3 is 2.53 bits per heavy atom. The van der Waals surface area contributed by atoms with Gasteiger partial charge in [-0.15, -0.1) is 0 Å². The molecular weight excluding hydrogens is 379 g/mol. The quantitative estimate of drug-likeness (QED) is 0.517. The second-order valence-corrected chi connectivity index (χ2v) is 8.15. The number of unbranched alkanes of at least 4 members (excludes halogenated alkanes) is 3. The number of hydrogen-bond acceptors (Lipinski definition) is 5. The monoisotopic (exact) mass is 410 g/mol. The van der Waals surface area contributed by atoms with Crippen LogP contribution in [0.3, 0.4) is 0 Å². The van der Waals surface area contributed by atoms with Gasteiger partial charge in [0.25, 0.3) is 0 Å². The molecule has 0 bridgehead atoms. The molecule has 3 atom stereocenters. The Morgan fingerprint density at radius 2 is 1.77 bits per heavy atom. The third-order valence-corrected chi connectivity index (χ3v) is 5.86. The number of ether oxygens (including phenoxy) is 2. The van der Waals surface area contributed by atoms with Crippen molar-refractivity contribution in [1.82, 2.24) is 0 Å². The highest BCUT2D eigenvalue weighted by Crippen LogP contribution is 2.35. The molecule has 0 saturated carbocycles. The lowest BCUT2D eigenvalue weighted by molar-refractivity contribution is -0.150. The molecule has 0 amide bonds. The summed E-state index contributed by atoms with van der Waals surface area (Å²) in [6, 6.07) is 15.3. The van der Waals surface area contributed by atoms with E-state index in [1.54, 1.807) is 12.1 Å². The van der Waals surface area contributed by atoms with E-state index in [9.17, 15) is 5.11 Å². The molecule has 0 unspecified atom stereocenters. The first kappa shape index (κ1) is 21.2. The van der Waals surface area contributed by atoms with Gasteiger partial charge in [-0.2, -0.15) is 0 Å². The molecule has 6 heteroatoms. The van der Waals surface area contributed by atoms with E-state index in [0.717, 1.165) is 42.6 Å². The Bertz CT molecular complexity index is 779. The summed E-state index contributed by atoms with van der Waals surface area (Å²) in [5, 5.41) is 9.48. The maximum atomic E-state index is 9.48. The van der Waals surface area contributed by atoms with Crippen LogP contribution in [0.5, 0.6) is 11.5 Å². The van der Waals surface area contributed by atoms with Crippen LogP contribution in [0.15, 0.2) is 48.5 Å². The predicted molar refractivity (Wildman–Crippen MR) is 117 cm³/mol. The smallest absolute Gasteiger partial charge is 0.494 e. The topological polar surface area (TPSA) is 57.2 Å². The van der Waals surface area contributed by atoms with Gasteiger partial charge in [-0.25, -0.2) is 0 Å². The van der Waals surface area contributed by atoms with E-state index in [-0.39, 0.29) is 31.2 Å². The highest BCUT2D eigenvalue weighted by Gasteiger charge is 2.41. The van der Waals surface area contributed by atoms with Crippen LogP contribution in [0.4, 0.5) is 0 Å². The van der Waals surface area contributed by atoms with Crippen LogP contribution in [0.2, 0.25) is 0 Å². The van der Waals surface area contributed by atoms with Crippen molar-refractivity contribution in [3.8, 4) is 11.5 Å². The minimum absolute atomic E-state index is 0.0179. The molecule has 1 N–H and O–H groups in total. The molecule has 2 aliphatic rings. The lowest BCUT2D eigenvalue weighted by Crippen LogP contribution is -2.54. The third kappa shape index (κ3) is 5.37. The van der Waals surface area contributed by atoms with Crippen molar-refractivity contribution in [3.05, 3.63) is 54.1 Å². The van der Waals surface area contributed by atoms with E-state index in [4.69, 9.17) is 18.8 Å². The molecule has 2 fully saturated rings. The Hall–Kier alpha value is -2.02. The summed E-state index contributed by atoms with van der Waals surface area (Å²) in [7, 11) is -0.362. The lowest BCUT2D eigenvalue weighted by atomic mass is 9.76. The molecule has 2 saturated heterocycles. The van der Waals surface area contributed by atoms with Crippen LogP contribution in [-0.4, -0.2) is 37.6 Å². The van der Waals surface area contributed by atoms with Crippen molar-refractivity contribution in [2.45, 2.75) is 63.8 Å². The van der Waals surface area contributed by atoms with E-state index in [2.05, 4.69) is 6.92 Å². The molecule has 2 aliphatic heterocycles. The van der Waals surface area contributed by atoms with Crippen molar-refractivity contribution in [1.29, 1.82) is 0 Å². The van der Waals surface area contributed by atoms with E-state index in [1.165, 1.54) is 19.3 Å². The van der Waals surface area contributed by atoms with Crippen LogP contribution < -0.4 is 10.2 Å². The normalized spacial score (nSPS) is 23.8. The third-order valence-electron chi connectivity index (χ3n) is 5.86. The highest BCUT2D eigenvalue weighted by molar-refractivity contribution is 6.61. The zero-order valence-electron chi connectivity index (χ0n) is 17.7. The summed E-state index contributed by atoms with van der Waals surface area (Å²) in [6.45, 7) is 3.49. The van der Waals surface area contributed by atoms with Crippen LogP contribution >= 0.6 is 0 Å². The molecule has 4 rings (SSSR count). The second-order valence-electron chi connectivity index (χ2n) is 8.15. The maximum absolute atomic E-state index is 9.48. The van der Waals surface area contributed by atoms with Crippen LogP contribution in [-0.2, 0) is 14.0 Å². The van der Waals surface area contributed by atoms with Gasteiger partial charge >= 0.3 is 7.12 Å². The summed E-state index contributed by atoms with van der Waals surface area (Å²) in [5.41, 5.74) is 2.09. The van der Waals surface area contributed by atoms with Crippen molar-refractivity contribution < 1.29 is 23.9 Å². The molecule has 160 valence electrons. The fourth-order valence-corrected chi connectivity index (χ4v) is 4.10. The molecule has 0 spiro atoms. The zero-order chi connectivity index (χ0) is 20.8. The van der Waals surface area contributed by atoms with E-state index in [1.807, 2.05) is 36.4 Å². The average molecular weight is 410 g/mol. The number of benzene rings is 2. The summed E-state index contributed by atoms with van der Waals surface area (Å²) in [6.07, 6.45) is 6.62. The average Bonchev–Trinajstić information content (AvgIpc) is 2.79. The molecule has 5 nitrogen and oxygen atoms in total. The maximum Gasteiger partial charge on any atom is 0.494 e. The van der Waals surface area contributed by atoms with E-state index < -0.39 is 0 Å². The lowest BCUT2D eigenvalue weighted by Gasteiger charge is -2.41. The van der Waals surface area contributed by atoms with Gasteiger partial charge < -0.3 is 23.9 Å². The molecule has 0 radical (unpaired) electrons. The summed E-state index contributed by atoms with van der Waals surface area (Å²) in [5.74, 6) is 1.16. The molecule has 2 heterocycles. The van der Waals surface area contributed by atoms with Crippen LogP contribution in [0.1, 0.15) is 57.1 Å². The van der Waals surface area contributed by atoms with Gasteiger partial charge in [0.1, 0.15) is 17.6 Å². The van der Waals surface area contributed by atoms with Gasteiger partial charge in [-0.3, -0.25) is 0 Å². The van der Waals surface area contributed by atoms with Crippen molar-refractivity contribution in [3.63, 3.8) is 0 Å². The number of aromatic hydroxyl groups is 1. The Morgan fingerprint density at radius 1 is 0.967 bits per heavy atom. The Kier molecular flexibility index (Phi) is 7.31. The van der Waals surface area contributed by atoms with Gasteiger partial charge in [-0.05, 0) is 54.6 Å². The first-order valence-electron chi connectivity index (χ1n) is 11.2. The van der Waals surface area contributed by atoms with Crippen LogP contribution in [0, 0.1) is 0 Å². The first-order valence-corrected chi connectivity index (χ1v) is 11.2. The highest BCUT2D eigenvalue weighted by atomic mass is 16.6. The molecule has 30 heavy (non-hydrogen) atoms. The Labute approximate surface area is 179 Å². The van der Waals surface area contributed by atoms with Gasteiger partial charge in [0.15, 0.2) is 0 Å². The van der Waals surface area contributed by atoms with Crippen molar-refractivity contribution in [2.24, 2.45) is 0 Å². The van der Waals surface area contributed by atoms with Crippen LogP contribution in [0.25, 0.3) is 0 Å². The summed E-state index contributed by atoms with van der Waals surface area (Å²) in [4.78, 5) is 0. The minimum atomic E-state index is -0.362. The molecule has 0 aliphatic carbocycles. The van der Waals surface area contributed by atoms with Crippen molar-refractivity contribution in [2.75, 3.05) is 13.2 Å². The number of rotatable bonds is 8. The fourth-order valence-electron chi connectivity index (χ4n) is 4.10. The summed E-state index contributed by atoms with van der Waals surface area (Å²) >= 11 is 0. The standard InChI is InChI=1S/C24H31BO5/c1-2-3-4-5-16-27-21-12-8-19(9-13-21)25-28-17-24-23(30-25)15-14-22(29-24)18-6-10-20(26)11-7-18/h6-13,22-24,26H,2-5,14-17H2,1H3/t22-,23+,24-/m1/s1. The summed E-state index contributed by atoms with van der Waals surface area (Å²) < 4.78 is 24.3. The molecular formula is C24H31BO5. The van der Waals surface area contributed by atoms with Gasteiger partial charge in [0.05, 0.1) is 25.4 Å². The molecule has 2 aromatic rings. The number of fused-ring (bicyclic) bond motifs is 1. The molecule has 2 aromatic carbocycles. The van der Waals surface area contributed by atoms with Gasteiger partial charge in [-0.1, -0.05) is 50.5 Å². The number of phenols is 1. The Balaban J connectivity index is 1.27. The SMILES string of the molecule is CCCCCCOc1ccc(B2OC[C@H]3O[C@@H](c4ccc(O)cc4)CC[C@@H]3O2)cc1. The fraction of sp³-hybridized carbons (Fsp3) is 0.500. The van der Waals surface area contributed by atoms with Gasteiger partial charge in [0.2, 0.25) is 0 Å². The second kappa shape index (κ2) is 10.3. The van der Waals surface area contributed by atoms with Gasteiger partial charge in [0, 0.05) is 0 Å². The number of phenolic OH excluding ortho intramolecular Hbond substituents is 1. The largest absolute Gasteiger partial charge is 0.508 e.